The molecule has 0 radical (unpaired) electrons. The molecule has 1 aromatic carbocycles. The van der Waals surface area contributed by atoms with Crippen LogP contribution in [-0.4, -0.2) is 22.3 Å². The minimum Gasteiger partial charge on any atom is -0.476 e. The van der Waals surface area contributed by atoms with Crippen molar-refractivity contribution < 1.29 is 13.9 Å². The largest absolute Gasteiger partial charge is 0.476 e. The third-order valence-corrected chi connectivity index (χ3v) is 2.95. The molecule has 0 fully saturated rings. The molecule has 1 heterocycles. The Balaban J connectivity index is 2.19. The molecule has 1 N–H and O–H groups in total. The van der Waals surface area contributed by atoms with E-state index in [2.05, 4.69) is 10.4 Å². The Labute approximate surface area is 129 Å². The zero-order valence-electron chi connectivity index (χ0n) is 12.8. The molecule has 6 heteroatoms. The maximum absolute atomic E-state index is 13.2. The summed E-state index contributed by atoms with van der Waals surface area (Å²) in [6.45, 7) is 5.20. The van der Waals surface area contributed by atoms with Gasteiger partial charge in [0.25, 0.3) is 5.91 Å². The third kappa shape index (κ3) is 4.07. The molecule has 0 saturated carbocycles. The van der Waals surface area contributed by atoms with Gasteiger partial charge in [-0.2, -0.15) is 0 Å². The van der Waals surface area contributed by atoms with Gasteiger partial charge in [0.2, 0.25) is 5.88 Å². The van der Waals surface area contributed by atoms with Gasteiger partial charge in [-0.15, -0.1) is 5.10 Å². The zero-order chi connectivity index (χ0) is 15.9. The zero-order valence-corrected chi connectivity index (χ0v) is 12.8. The van der Waals surface area contributed by atoms with Crippen LogP contribution in [0.3, 0.4) is 0 Å². The molecule has 1 aromatic heterocycles. The van der Waals surface area contributed by atoms with Crippen LogP contribution in [0.1, 0.15) is 37.0 Å². The quantitative estimate of drug-likeness (QED) is 0.852. The molecule has 0 unspecified atom stereocenters. The first-order valence-corrected chi connectivity index (χ1v) is 7.41. The second kappa shape index (κ2) is 7.59. The van der Waals surface area contributed by atoms with Crippen molar-refractivity contribution in [2.45, 2.75) is 33.2 Å². The summed E-state index contributed by atoms with van der Waals surface area (Å²) in [6.07, 6.45) is 3.38. The van der Waals surface area contributed by atoms with Crippen molar-refractivity contribution in [2.75, 3.05) is 11.9 Å². The van der Waals surface area contributed by atoms with Crippen molar-refractivity contribution in [3.05, 3.63) is 41.8 Å². The van der Waals surface area contributed by atoms with Crippen molar-refractivity contribution in [2.24, 2.45) is 0 Å². The number of halogens is 1. The van der Waals surface area contributed by atoms with Crippen LogP contribution in [0.25, 0.3) is 0 Å². The SMILES string of the molecule is CCCOc1nn(CCC)cc1C(=O)Nc1cccc(F)c1. The highest BCUT2D eigenvalue weighted by Gasteiger charge is 2.18. The lowest BCUT2D eigenvalue weighted by Gasteiger charge is -2.06. The number of benzene rings is 1. The summed E-state index contributed by atoms with van der Waals surface area (Å²) in [5.74, 6) is -0.454. The maximum atomic E-state index is 13.2. The van der Waals surface area contributed by atoms with Gasteiger partial charge in [0, 0.05) is 18.4 Å². The van der Waals surface area contributed by atoms with Crippen LogP contribution in [0.15, 0.2) is 30.5 Å². The summed E-state index contributed by atoms with van der Waals surface area (Å²) in [6, 6.07) is 5.76. The van der Waals surface area contributed by atoms with E-state index in [-0.39, 0.29) is 5.91 Å². The Morgan fingerprint density at radius 3 is 2.86 bits per heavy atom. The number of nitrogens with zero attached hydrogens (tertiary/aromatic N) is 2. The van der Waals surface area contributed by atoms with Crippen LogP contribution in [0.2, 0.25) is 0 Å². The summed E-state index contributed by atoms with van der Waals surface area (Å²) in [4.78, 5) is 12.4. The number of carbonyl (C=O) groups is 1. The average Bonchev–Trinajstić information content (AvgIpc) is 2.88. The van der Waals surface area contributed by atoms with Crippen molar-refractivity contribution >= 4 is 11.6 Å². The number of aryl methyl sites for hydroxylation is 1. The van der Waals surface area contributed by atoms with Gasteiger partial charge in [0.1, 0.15) is 11.4 Å². The van der Waals surface area contributed by atoms with Gasteiger partial charge in [0.05, 0.1) is 6.61 Å². The van der Waals surface area contributed by atoms with E-state index in [1.165, 1.54) is 12.1 Å². The first-order valence-electron chi connectivity index (χ1n) is 7.41. The molecule has 0 spiro atoms. The number of amides is 1. The molecular formula is C16H20FN3O2. The number of rotatable bonds is 7. The second-order valence-electron chi connectivity index (χ2n) is 4.92. The van der Waals surface area contributed by atoms with Crippen LogP contribution in [0.5, 0.6) is 5.88 Å². The highest BCUT2D eigenvalue weighted by atomic mass is 19.1. The van der Waals surface area contributed by atoms with E-state index >= 15 is 0 Å². The highest BCUT2D eigenvalue weighted by Crippen LogP contribution is 2.19. The Morgan fingerprint density at radius 1 is 1.36 bits per heavy atom. The van der Waals surface area contributed by atoms with Gasteiger partial charge in [0.15, 0.2) is 0 Å². The Hall–Kier alpha value is -2.37. The summed E-state index contributed by atoms with van der Waals surface area (Å²) >= 11 is 0. The summed E-state index contributed by atoms with van der Waals surface area (Å²) in [5, 5.41) is 6.94. The molecule has 22 heavy (non-hydrogen) atoms. The summed E-state index contributed by atoms with van der Waals surface area (Å²) in [7, 11) is 0. The number of aromatic nitrogens is 2. The second-order valence-corrected chi connectivity index (χ2v) is 4.92. The van der Waals surface area contributed by atoms with Crippen LogP contribution in [-0.2, 0) is 6.54 Å². The molecule has 2 rings (SSSR count). The lowest BCUT2D eigenvalue weighted by Crippen LogP contribution is -2.13. The minimum atomic E-state index is -0.401. The Bertz CT molecular complexity index is 640. The van der Waals surface area contributed by atoms with Gasteiger partial charge < -0.3 is 10.1 Å². The third-order valence-electron chi connectivity index (χ3n) is 2.95. The van der Waals surface area contributed by atoms with Gasteiger partial charge >= 0.3 is 0 Å². The van der Waals surface area contributed by atoms with E-state index in [1.807, 2.05) is 13.8 Å². The normalized spacial score (nSPS) is 10.5. The molecule has 5 nitrogen and oxygen atoms in total. The van der Waals surface area contributed by atoms with Crippen molar-refractivity contribution in [3.8, 4) is 5.88 Å². The molecule has 0 aliphatic carbocycles. The monoisotopic (exact) mass is 305 g/mol. The smallest absolute Gasteiger partial charge is 0.262 e. The van der Waals surface area contributed by atoms with Gasteiger partial charge in [-0.3, -0.25) is 9.48 Å². The number of anilines is 1. The van der Waals surface area contributed by atoms with Crippen molar-refractivity contribution in [1.29, 1.82) is 0 Å². The van der Waals surface area contributed by atoms with Crippen LogP contribution in [0.4, 0.5) is 10.1 Å². The maximum Gasteiger partial charge on any atom is 0.262 e. The van der Waals surface area contributed by atoms with Gasteiger partial charge in [-0.1, -0.05) is 19.9 Å². The Morgan fingerprint density at radius 2 is 2.18 bits per heavy atom. The first-order chi connectivity index (χ1) is 10.6. The van der Waals surface area contributed by atoms with E-state index in [0.717, 1.165) is 12.8 Å². The molecule has 0 bridgehead atoms. The first kappa shape index (κ1) is 16.0. The fraction of sp³-hybridized carbons (Fsp3) is 0.375. The number of hydrogen-bond acceptors (Lipinski definition) is 3. The molecule has 0 saturated heterocycles. The fourth-order valence-electron chi connectivity index (χ4n) is 1.97. The summed E-state index contributed by atoms with van der Waals surface area (Å²) < 4.78 is 20.4. The average molecular weight is 305 g/mol. The lowest BCUT2D eigenvalue weighted by molar-refractivity contribution is 0.102. The highest BCUT2D eigenvalue weighted by molar-refractivity contribution is 6.05. The number of hydrogen-bond donors (Lipinski definition) is 1. The lowest BCUT2D eigenvalue weighted by atomic mass is 10.2. The van der Waals surface area contributed by atoms with E-state index in [0.29, 0.717) is 30.3 Å². The molecule has 118 valence electrons. The van der Waals surface area contributed by atoms with E-state index < -0.39 is 5.82 Å². The Kier molecular flexibility index (Phi) is 5.52. The number of carbonyl (C=O) groups excluding carboxylic acids is 1. The molecule has 0 aliphatic rings. The molecule has 0 atom stereocenters. The van der Waals surface area contributed by atoms with E-state index in [1.54, 1.807) is 23.0 Å². The predicted octanol–water partition coefficient (Wildman–Crippen LogP) is 3.47. The standard InChI is InChI=1S/C16H20FN3O2/c1-3-8-20-11-14(16(19-20)22-9-4-2)15(21)18-13-7-5-6-12(17)10-13/h5-7,10-11H,3-4,8-9H2,1-2H3,(H,18,21). The summed E-state index contributed by atoms with van der Waals surface area (Å²) in [5.41, 5.74) is 0.751. The topological polar surface area (TPSA) is 56.2 Å². The van der Waals surface area contributed by atoms with Crippen LogP contribution in [0, 0.1) is 5.82 Å². The van der Waals surface area contributed by atoms with Crippen LogP contribution >= 0.6 is 0 Å². The fourth-order valence-corrected chi connectivity index (χ4v) is 1.97. The number of nitrogens with one attached hydrogen (secondary N) is 1. The van der Waals surface area contributed by atoms with Crippen molar-refractivity contribution in [3.63, 3.8) is 0 Å². The van der Waals surface area contributed by atoms with E-state index in [4.69, 9.17) is 4.74 Å². The van der Waals surface area contributed by atoms with Crippen molar-refractivity contribution in [1.82, 2.24) is 9.78 Å². The van der Waals surface area contributed by atoms with Gasteiger partial charge in [-0.05, 0) is 31.0 Å². The number of ether oxygens (including phenoxy) is 1. The predicted molar refractivity (Wildman–Crippen MR) is 82.7 cm³/mol. The molecule has 1 amide bonds. The minimum absolute atomic E-state index is 0.309. The van der Waals surface area contributed by atoms with Gasteiger partial charge in [-0.25, -0.2) is 4.39 Å². The van der Waals surface area contributed by atoms with Crippen LogP contribution < -0.4 is 10.1 Å². The molecule has 2 aromatic rings. The molecule has 0 aliphatic heterocycles. The van der Waals surface area contributed by atoms with E-state index in [9.17, 15) is 9.18 Å². The molecular weight excluding hydrogens is 285 g/mol.